The van der Waals surface area contributed by atoms with Crippen LogP contribution in [0.25, 0.3) is 6.08 Å². The van der Waals surface area contributed by atoms with Crippen LogP contribution in [0.2, 0.25) is 0 Å². The van der Waals surface area contributed by atoms with E-state index in [9.17, 15) is 9.59 Å². The molecule has 124 valence electrons. The molecule has 0 aromatic heterocycles. The fourth-order valence-electron chi connectivity index (χ4n) is 1.69. The highest BCUT2D eigenvalue weighted by Crippen LogP contribution is 2.28. The Morgan fingerprint density at radius 3 is 2.61 bits per heavy atom. The lowest BCUT2D eigenvalue weighted by Crippen LogP contribution is -2.05. The summed E-state index contributed by atoms with van der Waals surface area (Å²) >= 11 is 0. The molecule has 0 aliphatic rings. The van der Waals surface area contributed by atoms with Gasteiger partial charge in [-0.2, -0.15) is 0 Å². The summed E-state index contributed by atoms with van der Waals surface area (Å²) in [5.41, 5.74) is 0.702. The second kappa shape index (κ2) is 10.0. The van der Waals surface area contributed by atoms with Crippen LogP contribution in [0.15, 0.2) is 36.9 Å². The molecule has 1 rings (SSSR count). The Labute approximate surface area is 135 Å². The number of aliphatic carboxylic acids is 1. The number of carbonyl (C=O) groups excluding carboxylic acids is 1. The molecular weight excluding hydrogens is 300 g/mol. The van der Waals surface area contributed by atoms with Crippen LogP contribution >= 0.6 is 0 Å². The Morgan fingerprint density at radius 1 is 1.22 bits per heavy atom. The van der Waals surface area contributed by atoms with Crippen molar-refractivity contribution in [3.8, 4) is 11.5 Å². The van der Waals surface area contributed by atoms with Gasteiger partial charge < -0.3 is 19.3 Å². The molecule has 0 fully saturated rings. The monoisotopic (exact) mass is 320 g/mol. The highest BCUT2D eigenvalue weighted by Gasteiger charge is 2.05. The molecule has 1 aromatic rings. The van der Waals surface area contributed by atoms with E-state index in [1.165, 1.54) is 13.2 Å². The van der Waals surface area contributed by atoms with Crippen molar-refractivity contribution in [3.05, 3.63) is 42.5 Å². The van der Waals surface area contributed by atoms with Gasteiger partial charge in [0.2, 0.25) is 0 Å². The summed E-state index contributed by atoms with van der Waals surface area (Å²) in [7, 11) is 1.52. The number of benzene rings is 1. The van der Waals surface area contributed by atoms with Crippen LogP contribution in [-0.2, 0) is 14.3 Å². The molecule has 0 aliphatic heterocycles. The van der Waals surface area contributed by atoms with E-state index in [1.807, 2.05) is 0 Å². The fourth-order valence-corrected chi connectivity index (χ4v) is 1.69. The minimum Gasteiger partial charge on any atom is -0.493 e. The van der Waals surface area contributed by atoms with E-state index >= 15 is 0 Å². The molecule has 0 heterocycles. The molecule has 0 unspecified atom stereocenters. The maximum absolute atomic E-state index is 10.8. The average Bonchev–Trinajstić information content (AvgIpc) is 2.56. The van der Waals surface area contributed by atoms with Crippen LogP contribution in [0.1, 0.15) is 18.4 Å². The molecule has 0 aliphatic carbocycles. The Morgan fingerprint density at radius 2 is 1.96 bits per heavy atom. The summed E-state index contributed by atoms with van der Waals surface area (Å²) in [5.74, 6) is -0.349. The van der Waals surface area contributed by atoms with Crippen molar-refractivity contribution in [3.63, 3.8) is 0 Å². The number of ether oxygens (including phenoxy) is 3. The molecule has 6 heteroatoms. The molecule has 6 nitrogen and oxygen atoms in total. The number of esters is 1. The normalized spacial score (nSPS) is 10.3. The van der Waals surface area contributed by atoms with E-state index in [4.69, 9.17) is 19.3 Å². The predicted molar refractivity (Wildman–Crippen MR) is 85.5 cm³/mol. The number of unbranched alkanes of at least 4 members (excludes halogenated alkanes) is 1. The zero-order valence-electron chi connectivity index (χ0n) is 13.0. The number of carboxylic acid groups (broad SMARTS) is 1. The van der Waals surface area contributed by atoms with E-state index in [0.29, 0.717) is 43.1 Å². The minimum atomic E-state index is -1.01. The van der Waals surface area contributed by atoms with Gasteiger partial charge in [-0.3, -0.25) is 0 Å². The summed E-state index contributed by atoms with van der Waals surface area (Å²) < 4.78 is 15.7. The van der Waals surface area contributed by atoms with Crippen LogP contribution in [0, 0.1) is 0 Å². The summed E-state index contributed by atoms with van der Waals surface area (Å²) in [5, 5.41) is 8.61. The number of rotatable bonds is 10. The molecule has 0 spiro atoms. The number of carboxylic acids is 1. The third-order valence-electron chi connectivity index (χ3n) is 2.81. The van der Waals surface area contributed by atoms with Crippen molar-refractivity contribution in [1.29, 1.82) is 0 Å². The maximum Gasteiger partial charge on any atom is 0.330 e. The second-order valence-corrected chi connectivity index (χ2v) is 4.51. The molecule has 1 aromatic carbocycles. The van der Waals surface area contributed by atoms with Gasteiger partial charge in [0, 0.05) is 12.2 Å². The average molecular weight is 320 g/mol. The van der Waals surface area contributed by atoms with Gasteiger partial charge in [0.05, 0.1) is 20.3 Å². The standard InChI is InChI=1S/C17H20O6/c1-3-17(20)23-11-5-4-10-22-14-8-6-13(7-9-16(18)19)12-15(14)21-2/h3,6-9,12H,1,4-5,10-11H2,2H3,(H,18,19). The third kappa shape index (κ3) is 7.17. The Balaban J connectivity index is 2.46. The maximum atomic E-state index is 10.8. The molecule has 0 saturated carbocycles. The molecule has 0 bridgehead atoms. The lowest BCUT2D eigenvalue weighted by molar-refractivity contribution is -0.138. The van der Waals surface area contributed by atoms with Crippen LogP contribution in [0.4, 0.5) is 0 Å². The smallest absolute Gasteiger partial charge is 0.330 e. The van der Waals surface area contributed by atoms with Gasteiger partial charge in [-0.1, -0.05) is 12.6 Å². The highest BCUT2D eigenvalue weighted by molar-refractivity contribution is 5.85. The van der Waals surface area contributed by atoms with Crippen LogP contribution in [0.3, 0.4) is 0 Å². The first kappa shape index (κ1) is 18.3. The molecule has 1 N–H and O–H groups in total. The van der Waals surface area contributed by atoms with Crippen LogP contribution < -0.4 is 9.47 Å². The van der Waals surface area contributed by atoms with E-state index in [-0.39, 0.29) is 0 Å². The first-order valence-corrected chi connectivity index (χ1v) is 7.08. The van der Waals surface area contributed by atoms with Crippen molar-refractivity contribution >= 4 is 18.0 Å². The van der Waals surface area contributed by atoms with E-state index in [0.717, 1.165) is 12.2 Å². The van der Waals surface area contributed by atoms with Gasteiger partial charge in [0.15, 0.2) is 11.5 Å². The Hall–Kier alpha value is -2.76. The van der Waals surface area contributed by atoms with Crippen molar-refractivity contribution in [2.24, 2.45) is 0 Å². The Kier molecular flexibility index (Phi) is 7.99. The minimum absolute atomic E-state index is 0.324. The van der Waals surface area contributed by atoms with Gasteiger partial charge in [-0.05, 0) is 36.6 Å². The third-order valence-corrected chi connectivity index (χ3v) is 2.81. The zero-order valence-corrected chi connectivity index (χ0v) is 13.0. The summed E-state index contributed by atoms with van der Waals surface area (Å²) in [6.45, 7) is 4.09. The fraction of sp³-hybridized carbons (Fsp3) is 0.294. The number of hydrogen-bond acceptors (Lipinski definition) is 5. The summed E-state index contributed by atoms with van der Waals surface area (Å²) in [6, 6.07) is 5.15. The quantitative estimate of drug-likeness (QED) is 0.405. The molecule has 0 radical (unpaired) electrons. The van der Waals surface area contributed by atoms with Gasteiger partial charge in [0.1, 0.15) is 0 Å². The molecule has 0 saturated heterocycles. The van der Waals surface area contributed by atoms with Crippen LogP contribution in [-0.4, -0.2) is 37.4 Å². The first-order chi connectivity index (χ1) is 11.1. The second-order valence-electron chi connectivity index (χ2n) is 4.51. The van der Waals surface area contributed by atoms with Gasteiger partial charge in [0.25, 0.3) is 0 Å². The molecular formula is C17H20O6. The Bertz CT molecular complexity index is 576. The van der Waals surface area contributed by atoms with E-state index < -0.39 is 11.9 Å². The number of carbonyl (C=O) groups is 2. The van der Waals surface area contributed by atoms with Gasteiger partial charge >= 0.3 is 11.9 Å². The lowest BCUT2D eigenvalue weighted by Gasteiger charge is -2.11. The van der Waals surface area contributed by atoms with Crippen molar-refractivity contribution < 1.29 is 28.9 Å². The summed E-state index contributed by atoms with van der Waals surface area (Å²) in [4.78, 5) is 21.4. The summed E-state index contributed by atoms with van der Waals surface area (Å²) in [6.07, 6.45) is 5.06. The van der Waals surface area contributed by atoms with E-state index in [1.54, 1.807) is 18.2 Å². The largest absolute Gasteiger partial charge is 0.493 e. The topological polar surface area (TPSA) is 82.1 Å². The molecule has 0 atom stereocenters. The van der Waals surface area contributed by atoms with Gasteiger partial charge in [-0.25, -0.2) is 9.59 Å². The van der Waals surface area contributed by atoms with Gasteiger partial charge in [-0.15, -0.1) is 0 Å². The number of methoxy groups -OCH3 is 1. The predicted octanol–water partition coefficient (Wildman–Crippen LogP) is 2.68. The van der Waals surface area contributed by atoms with Crippen molar-refractivity contribution in [1.82, 2.24) is 0 Å². The molecule has 0 amide bonds. The van der Waals surface area contributed by atoms with Crippen LogP contribution in [0.5, 0.6) is 11.5 Å². The number of hydrogen-bond donors (Lipinski definition) is 1. The van der Waals surface area contributed by atoms with Crippen molar-refractivity contribution in [2.75, 3.05) is 20.3 Å². The molecule has 23 heavy (non-hydrogen) atoms. The lowest BCUT2D eigenvalue weighted by atomic mass is 10.2. The highest BCUT2D eigenvalue weighted by atomic mass is 16.5. The van der Waals surface area contributed by atoms with E-state index in [2.05, 4.69) is 6.58 Å². The first-order valence-electron chi connectivity index (χ1n) is 7.08. The SMILES string of the molecule is C=CC(=O)OCCCCOc1ccc(C=CC(=O)O)cc1OC. The zero-order chi connectivity index (χ0) is 17.1. The van der Waals surface area contributed by atoms with Crippen molar-refractivity contribution in [2.45, 2.75) is 12.8 Å².